The lowest BCUT2D eigenvalue weighted by atomic mass is 9.44. The Bertz CT molecular complexity index is 258. The van der Waals surface area contributed by atoms with Gasteiger partial charge in [0.1, 0.15) is 0 Å². The summed E-state index contributed by atoms with van der Waals surface area (Å²) in [5.74, 6) is 0. The zero-order valence-electron chi connectivity index (χ0n) is 9.29. The Morgan fingerprint density at radius 3 is 1.33 bits per heavy atom. The Balaban J connectivity index is 2.06. The van der Waals surface area contributed by atoms with Gasteiger partial charge >= 0.3 is 0 Å². The third-order valence-corrected chi connectivity index (χ3v) is 4.84. The van der Waals surface area contributed by atoms with Gasteiger partial charge in [0.2, 0.25) is 0 Å². The van der Waals surface area contributed by atoms with Gasteiger partial charge in [0.05, 0.1) is 16.8 Å². The topological polar surface area (TPSA) is 60.7 Å². The molecule has 0 amide bonds. The zero-order valence-corrected chi connectivity index (χ0v) is 9.29. The molecule has 0 aromatic rings. The summed E-state index contributed by atoms with van der Waals surface area (Å²) in [5.41, 5.74) is -2.45. The second-order valence-corrected chi connectivity index (χ2v) is 6.59. The first kappa shape index (κ1) is 10.1. The molecule has 0 saturated heterocycles. The fraction of sp³-hybridized carbons (Fsp3) is 1.00. The summed E-state index contributed by atoms with van der Waals surface area (Å²) in [6.07, 6.45) is 4.63. The first-order chi connectivity index (χ1) is 6.80. The van der Waals surface area contributed by atoms with Crippen molar-refractivity contribution in [3.63, 3.8) is 0 Å². The van der Waals surface area contributed by atoms with Gasteiger partial charge in [0, 0.05) is 19.3 Å². The van der Waals surface area contributed by atoms with Crippen LogP contribution >= 0.6 is 0 Å². The van der Waals surface area contributed by atoms with Crippen LogP contribution in [0.25, 0.3) is 0 Å². The molecule has 3 nitrogen and oxygen atoms in total. The van der Waals surface area contributed by atoms with Crippen LogP contribution in [0.4, 0.5) is 0 Å². The molecule has 4 rings (SSSR count). The highest BCUT2D eigenvalue weighted by molar-refractivity contribution is 5.19. The van der Waals surface area contributed by atoms with Gasteiger partial charge in [-0.15, -0.1) is 0 Å². The van der Waals surface area contributed by atoms with Crippen LogP contribution in [0.3, 0.4) is 0 Å². The summed E-state index contributed by atoms with van der Waals surface area (Å²) in [6, 6.07) is 0. The molecule has 86 valence electrons. The molecule has 0 unspecified atom stereocenters. The van der Waals surface area contributed by atoms with Crippen molar-refractivity contribution in [2.75, 3.05) is 0 Å². The van der Waals surface area contributed by atoms with Crippen molar-refractivity contribution in [1.29, 1.82) is 0 Å². The van der Waals surface area contributed by atoms with Crippen LogP contribution in [-0.4, -0.2) is 32.1 Å². The average molecular weight is 212 g/mol. The second kappa shape index (κ2) is 2.41. The van der Waals surface area contributed by atoms with Crippen molar-refractivity contribution < 1.29 is 15.3 Å². The quantitative estimate of drug-likeness (QED) is 0.606. The predicted molar refractivity (Wildman–Crippen MR) is 55.3 cm³/mol. The minimum absolute atomic E-state index is 0.0208. The fourth-order valence-electron chi connectivity index (χ4n) is 5.06. The van der Waals surface area contributed by atoms with Crippen LogP contribution in [0, 0.1) is 5.41 Å². The Morgan fingerprint density at radius 1 is 0.733 bits per heavy atom. The number of hydrogen-bond acceptors (Lipinski definition) is 3. The van der Waals surface area contributed by atoms with Crippen LogP contribution in [0.2, 0.25) is 0 Å². The second-order valence-electron chi connectivity index (χ2n) is 6.59. The van der Waals surface area contributed by atoms with E-state index in [0.29, 0.717) is 19.3 Å². The lowest BCUT2D eigenvalue weighted by Gasteiger charge is -2.66. The van der Waals surface area contributed by atoms with Crippen molar-refractivity contribution in [1.82, 2.24) is 0 Å². The number of rotatable bonds is 1. The van der Waals surface area contributed by atoms with E-state index in [9.17, 15) is 15.3 Å². The maximum Gasteiger partial charge on any atom is 0.0707 e. The molecule has 0 heterocycles. The third kappa shape index (κ3) is 1.30. The molecular weight excluding hydrogens is 192 g/mol. The molecule has 0 radical (unpaired) electrons. The minimum Gasteiger partial charge on any atom is -0.390 e. The molecule has 0 atom stereocenters. The molecule has 0 aliphatic heterocycles. The van der Waals surface area contributed by atoms with E-state index in [0.717, 1.165) is 25.7 Å². The van der Waals surface area contributed by atoms with Crippen molar-refractivity contribution >= 4 is 0 Å². The van der Waals surface area contributed by atoms with Crippen molar-refractivity contribution in [3.8, 4) is 0 Å². The van der Waals surface area contributed by atoms with E-state index < -0.39 is 16.8 Å². The molecule has 4 fully saturated rings. The van der Waals surface area contributed by atoms with Gasteiger partial charge in [0.15, 0.2) is 0 Å². The minimum atomic E-state index is -0.811. The highest BCUT2D eigenvalue weighted by Crippen LogP contribution is 2.65. The largest absolute Gasteiger partial charge is 0.390 e. The summed E-state index contributed by atoms with van der Waals surface area (Å²) in [6.45, 7) is 2.10. The summed E-state index contributed by atoms with van der Waals surface area (Å²) in [7, 11) is 0. The molecule has 4 saturated carbocycles. The van der Waals surface area contributed by atoms with Crippen LogP contribution in [0.1, 0.15) is 51.9 Å². The smallest absolute Gasteiger partial charge is 0.0707 e. The predicted octanol–water partition coefficient (Wildman–Crippen LogP) is 0.958. The number of hydrogen-bond donors (Lipinski definition) is 3. The molecule has 0 aromatic heterocycles. The summed E-state index contributed by atoms with van der Waals surface area (Å²) >= 11 is 0. The van der Waals surface area contributed by atoms with Gasteiger partial charge in [-0.1, -0.05) is 13.3 Å². The maximum atomic E-state index is 10.4. The normalized spacial score (nSPS) is 62.4. The highest BCUT2D eigenvalue weighted by Gasteiger charge is 2.66. The van der Waals surface area contributed by atoms with Gasteiger partial charge in [-0.05, 0) is 24.7 Å². The molecule has 15 heavy (non-hydrogen) atoms. The van der Waals surface area contributed by atoms with Crippen molar-refractivity contribution in [2.45, 2.75) is 68.7 Å². The van der Waals surface area contributed by atoms with Gasteiger partial charge < -0.3 is 15.3 Å². The summed E-state index contributed by atoms with van der Waals surface area (Å²) < 4.78 is 0. The van der Waals surface area contributed by atoms with Crippen LogP contribution in [-0.2, 0) is 0 Å². The highest BCUT2D eigenvalue weighted by atomic mass is 16.3. The monoisotopic (exact) mass is 212 g/mol. The lowest BCUT2D eigenvalue weighted by Crippen LogP contribution is -2.69. The molecule has 4 bridgehead atoms. The van der Waals surface area contributed by atoms with Crippen molar-refractivity contribution in [2.24, 2.45) is 5.41 Å². The Hall–Kier alpha value is -0.120. The van der Waals surface area contributed by atoms with Gasteiger partial charge in [-0.2, -0.15) is 0 Å². The molecule has 4 aliphatic carbocycles. The van der Waals surface area contributed by atoms with Gasteiger partial charge in [-0.25, -0.2) is 0 Å². The van der Waals surface area contributed by atoms with Crippen LogP contribution in [0.15, 0.2) is 0 Å². The lowest BCUT2D eigenvalue weighted by molar-refractivity contribution is -0.280. The van der Waals surface area contributed by atoms with Crippen LogP contribution in [0.5, 0.6) is 0 Å². The van der Waals surface area contributed by atoms with E-state index in [1.165, 1.54) is 0 Å². The summed E-state index contributed by atoms with van der Waals surface area (Å²) in [4.78, 5) is 0. The van der Waals surface area contributed by atoms with E-state index in [1.54, 1.807) is 0 Å². The van der Waals surface area contributed by atoms with Gasteiger partial charge in [-0.3, -0.25) is 0 Å². The van der Waals surface area contributed by atoms with E-state index >= 15 is 0 Å². The van der Waals surface area contributed by atoms with E-state index in [4.69, 9.17) is 0 Å². The third-order valence-electron chi connectivity index (χ3n) is 4.84. The van der Waals surface area contributed by atoms with E-state index in [-0.39, 0.29) is 5.41 Å². The van der Waals surface area contributed by atoms with Crippen LogP contribution < -0.4 is 0 Å². The van der Waals surface area contributed by atoms with E-state index in [1.807, 2.05) is 0 Å². The fourth-order valence-corrected chi connectivity index (χ4v) is 5.06. The standard InChI is InChI=1S/C12H20O3/c1-2-9-3-10(13)6-11(14,4-9)8-12(15,5-9)7-10/h13-15H,2-8H2,1H3. The Kier molecular flexibility index (Phi) is 1.62. The molecule has 3 heteroatoms. The molecule has 4 aliphatic rings. The first-order valence-corrected chi connectivity index (χ1v) is 5.97. The van der Waals surface area contributed by atoms with Gasteiger partial charge in [0.25, 0.3) is 0 Å². The first-order valence-electron chi connectivity index (χ1n) is 5.97. The van der Waals surface area contributed by atoms with E-state index in [2.05, 4.69) is 6.92 Å². The maximum absolute atomic E-state index is 10.4. The molecule has 3 N–H and O–H groups in total. The average Bonchev–Trinajstić information content (AvgIpc) is 1.94. The summed E-state index contributed by atoms with van der Waals surface area (Å²) in [5, 5.41) is 31.2. The molecule has 0 aromatic carbocycles. The Labute approximate surface area is 90.1 Å². The number of aliphatic hydroxyl groups is 3. The Morgan fingerprint density at radius 2 is 1.07 bits per heavy atom. The molecular formula is C12H20O3. The zero-order chi connectivity index (χ0) is 10.9. The molecule has 0 spiro atoms. The van der Waals surface area contributed by atoms with Crippen molar-refractivity contribution in [3.05, 3.63) is 0 Å². The SMILES string of the molecule is CCC12CC3(O)CC(O)(CC(O)(C3)C1)C2.